The van der Waals surface area contributed by atoms with Crippen molar-refractivity contribution in [2.45, 2.75) is 32.7 Å². The third kappa shape index (κ3) is 5.78. The number of hydrogen-bond donors (Lipinski definition) is 2. The number of aliphatic hydroxyl groups is 1. The number of carbonyl (C=O) groups excluding carboxylic acids is 1. The molecule has 12 heteroatoms. The molecule has 0 aliphatic carbocycles. The van der Waals surface area contributed by atoms with Gasteiger partial charge in [0.15, 0.2) is 5.13 Å². The number of carbonyl (C=O) groups is 1. The highest BCUT2D eigenvalue weighted by Gasteiger charge is 2.34. The lowest BCUT2D eigenvalue weighted by Gasteiger charge is -2.13. The Morgan fingerprint density at radius 3 is 2.66 bits per heavy atom. The molecule has 32 heavy (non-hydrogen) atoms. The molecule has 2 N–H and O–H groups in total. The fourth-order valence-electron chi connectivity index (χ4n) is 2.87. The van der Waals surface area contributed by atoms with Gasteiger partial charge in [0.2, 0.25) is 5.88 Å². The number of anilines is 1. The minimum Gasteiger partial charge on any atom is -0.393 e. The van der Waals surface area contributed by atoms with Crippen LogP contribution in [0.2, 0.25) is 4.34 Å². The van der Waals surface area contributed by atoms with Crippen molar-refractivity contribution >= 4 is 34.2 Å². The van der Waals surface area contributed by atoms with E-state index < -0.39 is 29.8 Å². The fraction of sp³-hybridized carbons (Fsp3) is 0.300. The van der Waals surface area contributed by atoms with E-state index in [1.807, 2.05) is 0 Å². The maximum Gasteiger partial charge on any atom is 0.420 e. The highest BCUT2D eigenvalue weighted by molar-refractivity contribution is 7.19. The molecule has 1 unspecified atom stereocenters. The standard InChI is InChI=1S/C20H18ClF4N3O3S/c1-10(2)17(29)12-6-16(31-19(30)27-18-26-7-15(21)32-18)28(9-12)8-11-3-4-14(22)13(5-11)20(23,24)25/h3-7,9-10,17,29H,8H2,1-2H3,(H,26,27,30). The van der Waals surface area contributed by atoms with Crippen LogP contribution in [0.5, 0.6) is 5.88 Å². The highest BCUT2D eigenvalue weighted by atomic mass is 35.5. The minimum atomic E-state index is -4.86. The topological polar surface area (TPSA) is 76.4 Å². The Balaban J connectivity index is 1.89. The molecule has 1 amide bonds. The zero-order valence-electron chi connectivity index (χ0n) is 16.8. The molecule has 1 atom stereocenters. The maximum atomic E-state index is 13.6. The van der Waals surface area contributed by atoms with Gasteiger partial charge in [0, 0.05) is 17.8 Å². The quantitative estimate of drug-likeness (QED) is 0.408. The number of aliphatic hydroxyl groups excluding tert-OH is 1. The van der Waals surface area contributed by atoms with Crippen LogP contribution in [-0.2, 0) is 12.7 Å². The maximum absolute atomic E-state index is 13.6. The van der Waals surface area contributed by atoms with Gasteiger partial charge in [0.1, 0.15) is 10.2 Å². The van der Waals surface area contributed by atoms with Crippen molar-refractivity contribution in [3.63, 3.8) is 0 Å². The van der Waals surface area contributed by atoms with Crippen molar-refractivity contribution in [3.8, 4) is 5.88 Å². The van der Waals surface area contributed by atoms with Crippen LogP contribution in [0.25, 0.3) is 0 Å². The molecular weight excluding hydrogens is 474 g/mol. The fourth-order valence-corrected chi connectivity index (χ4v) is 3.67. The number of hydrogen-bond acceptors (Lipinski definition) is 5. The zero-order valence-corrected chi connectivity index (χ0v) is 18.4. The van der Waals surface area contributed by atoms with Gasteiger partial charge in [0.25, 0.3) is 0 Å². The summed E-state index contributed by atoms with van der Waals surface area (Å²) in [6.07, 6.45) is -3.86. The number of thiazole rings is 1. The molecule has 2 heterocycles. The van der Waals surface area contributed by atoms with Gasteiger partial charge in [0.05, 0.1) is 24.4 Å². The Labute approximate surface area is 189 Å². The Morgan fingerprint density at radius 1 is 1.34 bits per heavy atom. The van der Waals surface area contributed by atoms with Crippen LogP contribution in [-0.4, -0.2) is 20.8 Å². The summed E-state index contributed by atoms with van der Waals surface area (Å²) in [6, 6.07) is 4.03. The molecule has 0 aliphatic rings. The van der Waals surface area contributed by atoms with Gasteiger partial charge in [-0.3, -0.25) is 5.32 Å². The molecule has 0 saturated carbocycles. The van der Waals surface area contributed by atoms with Crippen LogP contribution >= 0.6 is 22.9 Å². The number of halogens is 5. The van der Waals surface area contributed by atoms with E-state index in [1.165, 1.54) is 29.1 Å². The highest BCUT2D eigenvalue weighted by Crippen LogP contribution is 2.33. The lowest BCUT2D eigenvalue weighted by molar-refractivity contribution is -0.140. The number of rotatable bonds is 6. The Morgan fingerprint density at radius 2 is 2.06 bits per heavy atom. The molecule has 0 radical (unpaired) electrons. The molecular formula is C20H18ClF4N3O3S. The number of alkyl halides is 3. The first-order valence-electron chi connectivity index (χ1n) is 9.28. The van der Waals surface area contributed by atoms with Crippen molar-refractivity contribution in [2.75, 3.05) is 5.32 Å². The first-order chi connectivity index (χ1) is 14.9. The third-order valence-corrected chi connectivity index (χ3v) is 5.45. The first kappa shape index (κ1) is 24.0. The number of benzene rings is 1. The third-order valence-electron chi connectivity index (χ3n) is 4.42. The second kappa shape index (κ2) is 9.47. The van der Waals surface area contributed by atoms with E-state index in [0.717, 1.165) is 17.4 Å². The molecule has 0 fully saturated rings. The molecule has 0 saturated heterocycles. The normalized spacial score (nSPS) is 12.8. The zero-order chi connectivity index (χ0) is 23.6. The van der Waals surface area contributed by atoms with Crippen LogP contribution in [0.15, 0.2) is 36.7 Å². The molecule has 0 bridgehead atoms. The van der Waals surface area contributed by atoms with Gasteiger partial charge >= 0.3 is 12.3 Å². The average Bonchev–Trinajstić information content (AvgIpc) is 3.27. The average molecular weight is 492 g/mol. The lowest BCUT2D eigenvalue weighted by Crippen LogP contribution is -2.18. The van der Waals surface area contributed by atoms with Gasteiger partial charge < -0.3 is 14.4 Å². The number of nitrogens with one attached hydrogen (secondary N) is 1. The summed E-state index contributed by atoms with van der Waals surface area (Å²) in [5, 5.41) is 12.9. The molecule has 1 aromatic carbocycles. The predicted molar refractivity (Wildman–Crippen MR) is 112 cm³/mol. The van der Waals surface area contributed by atoms with Crippen LogP contribution in [0, 0.1) is 11.7 Å². The summed E-state index contributed by atoms with van der Waals surface area (Å²) in [7, 11) is 0. The van der Waals surface area contributed by atoms with Gasteiger partial charge in [-0.1, -0.05) is 42.9 Å². The van der Waals surface area contributed by atoms with Gasteiger partial charge in [-0.2, -0.15) is 13.2 Å². The molecule has 2 aromatic heterocycles. The summed E-state index contributed by atoms with van der Waals surface area (Å²) >= 11 is 6.77. The van der Waals surface area contributed by atoms with Gasteiger partial charge in [-0.25, -0.2) is 14.2 Å². The molecule has 0 aliphatic heterocycles. The second-order valence-corrected chi connectivity index (χ2v) is 8.89. The van der Waals surface area contributed by atoms with Crippen molar-refractivity contribution in [3.05, 3.63) is 63.5 Å². The van der Waals surface area contributed by atoms with Crippen molar-refractivity contribution in [1.29, 1.82) is 0 Å². The Hall–Kier alpha value is -2.63. The van der Waals surface area contributed by atoms with E-state index in [9.17, 15) is 27.5 Å². The summed E-state index contributed by atoms with van der Waals surface area (Å²) < 4.78 is 59.8. The van der Waals surface area contributed by atoms with E-state index in [4.69, 9.17) is 16.3 Å². The Kier molecular flexibility index (Phi) is 7.11. The lowest BCUT2D eigenvalue weighted by atomic mass is 10.0. The SMILES string of the molecule is CC(C)C(O)c1cc(OC(=O)Nc2ncc(Cl)s2)n(Cc2ccc(F)c(C(F)(F)F)c2)c1. The number of aromatic nitrogens is 2. The Bertz CT molecular complexity index is 1110. The first-order valence-corrected chi connectivity index (χ1v) is 10.5. The molecule has 0 spiro atoms. The van der Waals surface area contributed by atoms with Crippen molar-refractivity contribution in [2.24, 2.45) is 5.92 Å². The monoisotopic (exact) mass is 491 g/mol. The van der Waals surface area contributed by atoms with Gasteiger partial charge in [-0.15, -0.1) is 0 Å². The summed E-state index contributed by atoms with van der Waals surface area (Å²) in [5.74, 6) is -1.59. The van der Waals surface area contributed by atoms with E-state index in [0.29, 0.717) is 16.0 Å². The largest absolute Gasteiger partial charge is 0.420 e. The number of ether oxygens (including phenoxy) is 1. The van der Waals surface area contributed by atoms with E-state index in [-0.39, 0.29) is 29.0 Å². The van der Waals surface area contributed by atoms with Crippen LogP contribution < -0.4 is 10.1 Å². The summed E-state index contributed by atoms with van der Waals surface area (Å²) in [6.45, 7) is 3.38. The van der Waals surface area contributed by atoms with Crippen molar-refractivity contribution in [1.82, 2.24) is 9.55 Å². The molecule has 3 rings (SSSR count). The van der Waals surface area contributed by atoms with Crippen LogP contribution in [0.3, 0.4) is 0 Å². The summed E-state index contributed by atoms with van der Waals surface area (Å²) in [5.41, 5.74) is -0.874. The smallest absolute Gasteiger partial charge is 0.393 e. The second-order valence-electron chi connectivity index (χ2n) is 7.22. The van der Waals surface area contributed by atoms with Crippen LogP contribution in [0.4, 0.5) is 27.5 Å². The molecule has 172 valence electrons. The predicted octanol–water partition coefficient (Wildman–Crippen LogP) is 6.10. The van der Waals surface area contributed by atoms with Gasteiger partial charge in [-0.05, 0) is 23.6 Å². The molecule has 3 aromatic rings. The number of amides is 1. The van der Waals surface area contributed by atoms with Crippen molar-refractivity contribution < 1.29 is 32.2 Å². The van der Waals surface area contributed by atoms with Crippen LogP contribution in [0.1, 0.15) is 36.6 Å². The van der Waals surface area contributed by atoms with E-state index >= 15 is 0 Å². The van der Waals surface area contributed by atoms with E-state index in [1.54, 1.807) is 13.8 Å². The minimum absolute atomic E-state index is 0.0299. The molecule has 6 nitrogen and oxygen atoms in total. The summed E-state index contributed by atoms with van der Waals surface area (Å²) in [4.78, 5) is 16.1. The number of nitrogens with zero attached hydrogens (tertiary/aromatic N) is 2. The van der Waals surface area contributed by atoms with E-state index in [2.05, 4.69) is 10.3 Å².